The number of amides is 1. The topological polar surface area (TPSA) is 42.0 Å². The second-order valence-electron chi connectivity index (χ2n) is 3.48. The third-order valence-corrected chi connectivity index (χ3v) is 2.55. The molecule has 0 bridgehead atoms. The van der Waals surface area contributed by atoms with E-state index in [9.17, 15) is 9.18 Å². The molecule has 1 amide bonds. The Bertz CT molecular complexity index is 567. The van der Waals surface area contributed by atoms with Crippen molar-refractivity contribution in [2.75, 3.05) is 5.32 Å². The minimum absolute atomic E-state index is 0.243. The fourth-order valence-electron chi connectivity index (χ4n) is 1.34. The first-order valence-corrected chi connectivity index (χ1v) is 5.69. The van der Waals surface area contributed by atoms with Crippen molar-refractivity contribution in [3.05, 3.63) is 58.1 Å². The normalized spacial score (nSPS) is 10.2. The highest BCUT2D eigenvalue weighted by molar-refractivity contribution is 6.35. The molecule has 0 aliphatic rings. The SMILES string of the molecule is O=C(Nc1cc(Cl)cc(Cl)c1)c1ccc(F)nc1. The van der Waals surface area contributed by atoms with Gasteiger partial charge in [0.15, 0.2) is 0 Å². The molecule has 0 radical (unpaired) electrons. The highest BCUT2D eigenvalue weighted by Gasteiger charge is 2.07. The van der Waals surface area contributed by atoms with Crippen LogP contribution in [0.25, 0.3) is 0 Å². The summed E-state index contributed by atoms with van der Waals surface area (Å²) in [6.07, 6.45) is 1.15. The molecule has 2 aromatic rings. The van der Waals surface area contributed by atoms with Crippen LogP contribution in [0.1, 0.15) is 10.4 Å². The maximum atomic E-state index is 12.6. The van der Waals surface area contributed by atoms with E-state index in [-0.39, 0.29) is 5.56 Å². The van der Waals surface area contributed by atoms with Crippen LogP contribution < -0.4 is 5.32 Å². The zero-order chi connectivity index (χ0) is 13.1. The molecule has 1 aromatic carbocycles. The summed E-state index contributed by atoms with van der Waals surface area (Å²) in [4.78, 5) is 15.2. The fraction of sp³-hybridized carbons (Fsp3) is 0. The Balaban J connectivity index is 2.18. The van der Waals surface area contributed by atoms with E-state index in [0.29, 0.717) is 15.7 Å². The molecule has 1 N–H and O–H groups in total. The van der Waals surface area contributed by atoms with Gasteiger partial charge >= 0.3 is 0 Å². The van der Waals surface area contributed by atoms with Gasteiger partial charge in [0, 0.05) is 21.9 Å². The van der Waals surface area contributed by atoms with Crippen LogP contribution in [0, 0.1) is 5.95 Å². The van der Waals surface area contributed by atoms with Crippen molar-refractivity contribution in [3.8, 4) is 0 Å². The number of pyridine rings is 1. The van der Waals surface area contributed by atoms with Crippen molar-refractivity contribution < 1.29 is 9.18 Å². The smallest absolute Gasteiger partial charge is 0.257 e. The molecule has 92 valence electrons. The Hall–Kier alpha value is -1.65. The van der Waals surface area contributed by atoms with E-state index in [1.54, 1.807) is 18.2 Å². The number of benzene rings is 1. The third-order valence-electron chi connectivity index (χ3n) is 2.11. The molecular weight excluding hydrogens is 278 g/mol. The number of hydrogen-bond acceptors (Lipinski definition) is 2. The molecule has 1 heterocycles. The molecule has 0 saturated heterocycles. The highest BCUT2D eigenvalue weighted by Crippen LogP contribution is 2.22. The first-order chi connectivity index (χ1) is 8.54. The Morgan fingerprint density at radius 2 is 1.83 bits per heavy atom. The second-order valence-corrected chi connectivity index (χ2v) is 4.35. The van der Waals surface area contributed by atoms with Gasteiger partial charge in [-0.25, -0.2) is 4.98 Å². The summed E-state index contributed by atoms with van der Waals surface area (Å²) < 4.78 is 12.6. The van der Waals surface area contributed by atoms with E-state index in [2.05, 4.69) is 10.3 Å². The Kier molecular flexibility index (Phi) is 3.79. The van der Waals surface area contributed by atoms with Crippen molar-refractivity contribution in [3.63, 3.8) is 0 Å². The standard InChI is InChI=1S/C12H7Cl2FN2O/c13-8-3-9(14)5-10(4-8)17-12(18)7-1-2-11(15)16-6-7/h1-6H,(H,17,18). The number of carbonyl (C=O) groups excluding carboxylic acids is 1. The Labute approximate surface area is 113 Å². The largest absolute Gasteiger partial charge is 0.322 e. The summed E-state index contributed by atoms with van der Waals surface area (Å²) in [5.41, 5.74) is 0.703. The predicted molar refractivity (Wildman–Crippen MR) is 68.6 cm³/mol. The van der Waals surface area contributed by atoms with Gasteiger partial charge in [-0.3, -0.25) is 4.79 Å². The number of anilines is 1. The lowest BCUT2D eigenvalue weighted by Crippen LogP contribution is -2.12. The molecule has 3 nitrogen and oxygen atoms in total. The van der Waals surface area contributed by atoms with E-state index >= 15 is 0 Å². The molecule has 1 aromatic heterocycles. The molecule has 0 aliphatic heterocycles. The lowest BCUT2D eigenvalue weighted by Gasteiger charge is -2.06. The van der Waals surface area contributed by atoms with Crippen LogP contribution in [0.3, 0.4) is 0 Å². The van der Waals surface area contributed by atoms with Gasteiger partial charge in [-0.1, -0.05) is 23.2 Å². The van der Waals surface area contributed by atoms with Gasteiger partial charge in [0.2, 0.25) is 5.95 Å². The molecule has 18 heavy (non-hydrogen) atoms. The van der Waals surface area contributed by atoms with Gasteiger partial charge in [-0.15, -0.1) is 0 Å². The summed E-state index contributed by atoms with van der Waals surface area (Å²) in [7, 11) is 0. The minimum Gasteiger partial charge on any atom is -0.322 e. The van der Waals surface area contributed by atoms with Crippen LogP contribution in [0.4, 0.5) is 10.1 Å². The van der Waals surface area contributed by atoms with Crippen LogP contribution in [0.15, 0.2) is 36.5 Å². The van der Waals surface area contributed by atoms with Gasteiger partial charge in [0.1, 0.15) is 0 Å². The van der Waals surface area contributed by atoms with Crippen LogP contribution in [0.5, 0.6) is 0 Å². The molecule has 2 rings (SSSR count). The van der Waals surface area contributed by atoms with E-state index in [1.165, 1.54) is 6.07 Å². The highest BCUT2D eigenvalue weighted by atomic mass is 35.5. The van der Waals surface area contributed by atoms with Gasteiger partial charge in [0.05, 0.1) is 5.56 Å². The molecule has 6 heteroatoms. The summed E-state index contributed by atoms with van der Waals surface area (Å²) in [6, 6.07) is 7.12. The van der Waals surface area contributed by atoms with E-state index in [1.807, 2.05) is 0 Å². The summed E-state index contributed by atoms with van der Waals surface area (Å²) >= 11 is 11.6. The zero-order valence-corrected chi connectivity index (χ0v) is 10.5. The number of halogens is 3. The zero-order valence-electron chi connectivity index (χ0n) is 8.95. The maximum Gasteiger partial charge on any atom is 0.257 e. The quantitative estimate of drug-likeness (QED) is 0.853. The molecule has 0 saturated carbocycles. The molecule has 0 atom stereocenters. The molecular formula is C12H7Cl2FN2O. The number of nitrogens with one attached hydrogen (secondary N) is 1. The van der Waals surface area contributed by atoms with Crippen LogP contribution in [-0.2, 0) is 0 Å². The molecule has 0 unspecified atom stereocenters. The van der Waals surface area contributed by atoms with Crippen molar-refractivity contribution >= 4 is 34.8 Å². The number of nitrogens with zero attached hydrogens (tertiary/aromatic N) is 1. The van der Waals surface area contributed by atoms with Gasteiger partial charge in [-0.05, 0) is 30.3 Å². The number of rotatable bonds is 2. The molecule has 0 spiro atoms. The van der Waals surface area contributed by atoms with E-state index in [4.69, 9.17) is 23.2 Å². The first kappa shape index (κ1) is 12.8. The Morgan fingerprint density at radius 1 is 1.17 bits per heavy atom. The summed E-state index contributed by atoms with van der Waals surface area (Å²) in [5.74, 6) is -1.06. The van der Waals surface area contributed by atoms with Crippen molar-refractivity contribution in [1.82, 2.24) is 4.98 Å². The van der Waals surface area contributed by atoms with E-state index < -0.39 is 11.9 Å². The lowest BCUT2D eigenvalue weighted by molar-refractivity contribution is 0.102. The first-order valence-electron chi connectivity index (χ1n) is 4.93. The number of hydrogen-bond donors (Lipinski definition) is 1. The number of aromatic nitrogens is 1. The second kappa shape index (κ2) is 5.33. The van der Waals surface area contributed by atoms with Crippen molar-refractivity contribution in [2.45, 2.75) is 0 Å². The van der Waals surface area contributed by atoms with Gasteiger partial charge in [0.25, 0.3) is 5.91 Å². The van der Waals surface area contributed by atoms with Crippen LogP contribution in [-0.4, -0.2) is 10.9 Å². The monoisotopic (exact) mass is 284 g/mol. The van der Waals surface area contributed by atoms with Crippen molar-refractivity contribution in [1.29, 1.82) is 0 Å². The third kappa shape index (κ3) is 3.18. The summed E-state index contributed by atoms with van der Waals surface area (Å²) in [6.45, 7) is 0. The lowest BCUT2D eigenvalue weighted by atomic mass is 10.2. The van der Waals surface area contributed by atoms with Crippen molar-refractivity contribution in [2.24, 2.45) is 0 Å². The number of carbonyl (C=O) groups is 1. The average Bonchev–Trinajstić information content (AvgIpc) is 2.28. The maximum absolute atomic E-state index is 12.6. The molecule has 0 aliphatic carbocycles. The fourth-order valence-corrected chi connectivity index (χ4v) is 1.87. The van der Waals surface area contributed by atoms with Gasteiger partial charge < -0.3 is 5.32 Å². The van der Waals surface area contributed by atoms with Gasteiger partial charge in [-0.2, -0.15) is 4.39 Å². The predicted octanol–water partition coefficient (Wildman–Crippen LogP) is 3.78. The van der Waals surface area contributed by atoms with Crippen LogP contribution in [0.2, 0.25) is 10.0 Å². The Morgan fingerprint density at radius 3 is 2.39 bits per heavy atom. The van der Waals surface area contributed by atoms with Crippen LogP contribution >= 0.6 is 23.2 Å². The average molecular weight is 285 g/mol. The van der Waals surface area contributed by atoms with E-state index in [0.717, 1.165) is 12.3 Å². The molecule has 0 fully saturated rings. The summed E-state index contributed by atoms with van der Waals surface area (Å²) in [5, 5.41) is 3.41. The minimum atomic E-state index is -0.641.